The Labute approximate surface area is 397 Å². The van der Waals surface area contributed by atoms with Crippen molar-refractivity contribution in [1.82, 2.24) is 0 Å². The van der Waals surface area contributed by atoms with Crippen molar-refractivity contribution in [1.29, 1.82) is 0 Å². The Kier molecular flexibility index (Phi) is 26.0. The van der Waals surface area contributed by atoms with E-state index in [9.17, 15) is 0 Å². The maximum absolute atomic E-state index is 7.44. The summed E-state index contributed by atoms with van der Waals surface area (Å²) in [6.07, 6.45) is 4.41. The van der Waals surface area contributed by atoms with Gasteiger partial charge in [0.15, 0.2) is 33.3 Å². The van der Waals surface area contributed by atoms with Crippen LogP contribution in [0.5, 0.6) is 0 Å². The van der Waals surface area contributed by atoms with E-state index in [2.05, 4.69) is 235 Å². The molecule has 0 aliphatic heterocycles. The second-order valence-corrected chi connectivity index (χ2v) is 77.2. The summed E-state index contributed by atoms with van der Waals surface area (Å²) in [6, 6.07) is 1.16. The van der Waals surface area contributed by atoms with Crippen molar-refractivity contribution >= 4 is 120 Å². The lowest BCUT2D eigenvalue weighted by Gasteiger charge is -2.47. The van der Waals surface area contributed by atoms with Gasteiger partial charge in [-0.15, -0.1) is 17.1 Å². The first-order chi connectivity index (χ1) is 26.6. The van der Waals surface area contributed by atoms with Gasteiger partial charge in [0.25, 0.3) is 0 Å². The van der Waals surface area contributed by atoms with Gasteiger partial charge in [-0.3, -0.25) is 0 Å². The van der Waals surface area contributed by atoms with Crippen LogP contribution in [-0.2, 0) is 32.9 Å². The van der Waals surface area contributed by atoms with Crippen LogP contribution < -0.4 is 0 Å². The zero-order valence-corrected chi connectivity index (χ0v) is 60.5. The van der Waals surface area contributed by atoms with Gasteiger partial charge in [-0.1, -0.05) is 113 Å². The van der Waals surface area contributed by atoms with Crippen molar-refractivity contribution in [3.8, 4) is 0 Å². The number of rotatable bonds is 25. The van der Waals surface area contributed by atoms with Crippen molar-refractivity contribution in [2.45, 2.75) is 190 Å². The van der Waals surface area contributed by atoms with Crippen molar-refractivity contribution in [3.05, 3.63) is 57.7 Å². The molecule has 0 rings (SSSR count). The third kappa shape index (κ3) is 35.3. The molecule has 0 N–H and O–H groups in total. The zero-order valence-electron chi connectivity index (χ0n) is 45.3. The Bertz CT molecular complexity index is 1420. The highest BCUT2D eigenvalue weighted by Gasteiger charge is 2.61. The molecule has 0 radical (unpaired) electrons. The first-order valence-electron chi connectivity index (χ1n) is 22.5. The lowest BCUT2D eigenvalue weighted by molar-refractivity contribution is 0.113. The van der Waals surface area contributed by atoms with Gasteiger partial charge in [0.1, 0.15) is 10.5 Å². The Morgan fingerprint density at radius 2 is 0.639 bits per heavy atom. The molecule has 0 aliphatic carbocycles. The summed E-state index contributed by atoms with van der Waals surface area (Å²) in [5.74, 6) is 0. The maximum atomic E-state index is 7.44. The molecule has 61 heavy (non-hydrogen) atoms. The Hall–Kier alpha value is 1.42. The van der Waals surface area contributed by atoms with E-state index in [1.54, 1.807) is 0 Å². The molecule has 0 amide bonds. The summed E-state index contributed by atoms with van der Waals surface area (Å²) in [5, 5.41) is 0. The van der Waals surface area contributed by atoms with Gasteiger partial charge >= 0.3 is 34.7 Å². The molecular formula is C39H100O8Si14. The van der Waals surface area contributed by atoms with E-state index in [0.29, 0.717) is 0 Å². The Morgan fingerprint density at radius 3 is 0.869 bits per heavy atom. The lowest BCUT2D eigenvalue weighted by atomic mass is 10.8. The number of hydrogen-bond donors (Lipinski definition) is 0. The second-order valence-electron chi connectivity index (χ2n) is 24.3. The smallest absolute Gasteiger partial charge is 0.461 e. The average molecular weight is 1090 g/mol. The molecule has 0 heterocycles. The second kappa shape index (κ2) is 24.6. The van der Waals surface area contributed by atoms with Crippen LogP contribution in [0.25, 0.3) is 0 Å². The summed E-state index contributed by atoms with van der Waals surface area (Å²) in [6.45, 7) is 63.2. The third-order valence-corrected chi connectivity index (χ3v) is 47.4. The first kappa shape index (κ1) is 64.5. The van der Waals surface area contributed by atoms with Crippen LogP contribution in [0.4, 0.5) is 0 Å². The molecule has 0 saturated heterocycles. The molecule has 0 fully saturated rings. The van der Waals surface area contributed by atoms with Crippen LogP contribution in [0.3, 0.4) is 0 Å². The van der Waals surface area contributed by atoms with Crippen molar-refractivity contribution in [2.24, 2.45) is 0 Å². The predicted molar refractivity (Wildman–Crippen MR) is 309 cm³/mol. The molecule has 0 bridgehead atoms. The monoisotopic (exact) mass is 1090 g/mol. The fourth-order valence-corrected chi connectivity index (χ4v) is 50.7. The van der Waals surface area contributed by atoms with E-state index in [0.717, 1.165) is 16.5 Å². The van der Waals surface area contributed by atoms with Crippen molar-refractivity contribution in [3.63, 3.8) is 0 Å². The molecule has 0 spiro atoms. The topological polar surface area (TPSA) is 73.8 Å². The van der Waals surface area contributed by atoms with Crippen LogP contribution in [0.1, 0.15) is 6.92 Å². The van der Waals surface area contributed by atoms with E-state index in [1.165, 1.54) is 0 Å². The van der Waals surface area contributed by atoms with E-state index >= 15 is 0 Å². The third-order valence-electron chi connectivity index (χ3n) is 8.20. The molecule has 0 aliphatic rings. The van der Waals surface area contributed by atoms with E-state index < -0.39 is 109 Å². The molecule has 22 heteroatoms. The minimum atomic E-state index is -4.05. The summed E-state index contributed by atoms with van der Waals surface area (Å²) >= 11 is 0. The van der Waals surface area contributed by atoms with E-state index in [-0.39, 0.29) is 0 Å². The van der Waals surface area contributed by atoms with Gasteiger partial charge in [-0.2, -0.15) is 0 Å². The molecular weight excluding hydrogens is 990 g/mol. The number of hydrogen-bond acceptors (Lipinski definition) is 8. The molecule has 0 aromatic heterocycles. The standard InChI is InChI=1S/C34H86O7Si12.C5H14OSi2/c1-42(2)27-26-28-46(12,13)35-50(20,21)39-53(38-49(18,19)34-31-45(9,10)11,40-51(22,23)36-47(14,15)32-29-43(3,4)5)41-52(24,25)37-48(16,17)33-30-44(6,7)8;1-4-5-8(2,3)6-7/h26,28-34,42H,27H2,1-25H3;4-5H,1-3,7H3. The van der Waals surface area contributed by atoms with E-state index in [4.69, 9.17) is 32.9 Å². The molecule has 0 saturated carbocycles. The van der Waals surface area contributed by atoms with E-state index in [1.807, 2.05) is 6.92 Å². The minimum Gasteiger partial charge on any atom is -0.461 e. The van der Waals surface area contributed by atoms with Crippen LogP contribution in [0.2, 0.25) is 183 Å². The van der Waals surface area contributed by atoms with Crippen molar-refractivity contribution in [2.75, 3.05) is 0 Å². The number of allylic oxidation sites excluding steroid dienone is 2. The largest absolute Gasteiger partial charge is 0.642 e. The summed E-state index contributed by atoms with van der Waals surface area (Å²) in [4.78, 5) is 0. The fourth-order valence-electron chi connectivity index (χ4n) is 5.89. The van der Waals surface area contributed by atoms with Gasteiger partial charge in [0.05, 0.1) is 24.2 Å². The normalized spacial score (nSPS) is 16.5. The van der Waals surface area contributed by atoms with Crippen LogP contribution >= 0.6 is 0 Å². The lowest BCUT2D eigenvalue weighted by Crippen LogP contribution is -2.69. The minimum absolute atomic E-state index is 0.716. The molecule has 360 valence electrons. The zero-order chi connectivity index (χ0) is 49.0. The average Bonchev–Trinajstić information content (AvgIpc) is 2.94. The van der Waals surface area contributed by atoms with Gasteiger partial charge in [-0.05, 0) is 118 Å². The van der Waals surface area contributed by atoms with Crippen molar-refractivity contribution < 1.29 is 32.9 Å². The van der Waals surface area contributed by atoms with Crippen LogP contribution in [-0.4, -0.2) is 120 Å². The highest BCUT2D eigenvalue weighted by atomic mass is 28.6. The van der Waals surface area contributed by atoms with Gasteiger partial charge in [0.2, 0.25) is 8.32 Å². The molecule has 0 aromatic rings. The fraction of sp³-hybridized carbons (Fsp3) is 0.744. The van der Waals surface area contributed by atoms with Gasteiger partial charge < -0.3 is 32.9 Å². The predicted octanol–water partition coefficient (Wildman–Crippen LogP) is 12.6. The Morgan fingerprint density at radius 1 is 0.361 bits per heavy atom. The quantitative estimate of drug-likeness (QED) is 0.0838. The molecule has 0 aromatic carbocycles. The summed E-state index contributed by atoms with van der Waals surface area (Å²) in [7, 11) is -27.9. The maximum Gasteiger partial charge on any atom is 0.642 e. The first-order valence-corrected chi connectivity index (χ1v) is 62.2. The molecule has 8 nitrogen and oxygen atoms in total. The van der Waals surface area contributed by atoms with Gasteiger partial charge in [-0.25, -0.2) is 0 Å². The SMILES string of the molecule is CC=C[Si](C)(C)O[SiH3].C[SiH](C)CC=C[Si](C)(C)O[Si](C)(C)O[Si](O[Si](C)(C)C=C[Si](C)(C)C)(O[Si](C)(C)O[Si](C)(C)C=C[Si](C)(C)C)O[Si](C)(C)O[Si](C)(C)C=C[Si](C)(C)C. The highest BCUT2D eigenvalue weighted by Crippen LogP contribution is 2.34. The summed E-state index contributed by atoms with van der Waals surface area (Å²) < 4.78 is 56.4. The summed E-state index contributed by atoms with van der Waals surface area (Å²) in [5.41, 5.74) is 18.8. The van der Waals surface area contributed by atoms with Gasteiger partial charge in [0, 0.05) is 8.80 Å². The highest BCUT2D eigenvalue weighted by molar-refractivity contribution is 6.96. The van der Waals surface area contributed by atoms with Crippen LogP contribution in [0.15, 0.2) is 57.7 Å². The van der Waals surface area contributed by atoms with Crippen LogP contribution in [0, 0.1) is 0 Å². The Balaban J connectivity index is 0. The molecule has 0 atom stereocenters. The molecule has 0 unspecified atom stereocenters.